The molecule has 0 heterocycles. The van der Waals surface area contributed by atoms with E-state index >= 15 is 0 Å². The minimum absolute atomic E-state index is 1.07. The van der Waals surface area contributed by atoms with Gasteiger partial charge in [-0.15, -0.1) is 0 Å². The summed E-state index contributed by atoms with van der Waals surface area (Å²) in [6.45, 7) is 0. The molecule has 0 aliphatic heterocycles. The fraction of sp³-hybridized carbons (Fsp3) is 0.0769. The highest BCUT2D eigenvalue weighted by atomic mass is 14.0. The van der Waals surface area contributed by atoms with Gasteiger partial charge in [0, 0.05) is 0 Å². The highest BCUT2D eigenvalue weighted by Gasteiger charge is 1.92. The predicted molar refractivity (Wildman–Crippen MR) is 57.3 cm³/mol. The SMILES string of the molecule is C1=CCC(/C=C\c2ccccc2)=C1. The lowest BCUT2D eigenvalue weighted by atomic mass is 10.1. The fourth-order valence-corrected chi connectivity index (χ4v) is 1.35. The number of allylic oxidation sites excluding steroid dienone is 5. The Morgan fingerprint density at radius 1 is 1.00 bits per heavy atom. The van der Waals surface area contributed by atoms with Gasteiger partial charge in [0.25, 0.3) is 0 Å². The van der Waals surface area contributed by atoms with Crippen LogP contribution in [0.3, 0.4) is 0 Å². The van der Waals surface area contributed by atoms with Crippen LogP contribution in [-0.4, -0.2) is 0 Å². The maximum absolute atomic E-state index is 2.18. The van der Waals surface area contributed by atoms with Crippen LogP contribution < -0.4 is 0 Å². The second-order valence-electron chi connectivity index (χ2n) is 3.12. The molecule has 0 heteroatoms. The van der Waals surface area contributed by atoms with Crippen LogP contribution >= 0.6 is 0 Å². The smallest absolute Gasteiger partial charge is 0.00943 e. The van der Waals surface area contributed by atoms with Gasteiger partial charge in [0.05, 0.1) is 0 Å². The highest BCUT2D eigenvalue weighted by Crippen LogP contribution is 2.13. The number of benzene rings is 1. The minimum atomic E-state index is 1.07. The summed E-state index contributed by atoms with van der Waals surface area (Å²) in [6.07, 6.45) is 11.8. The van der Waals surface area contributed by atoms with Crippen LogP contribution in [0.2, 0.25) is 0 Å². The van der Waals surface area contributed by atoms with E-state index in [0.29, 0.717) is 0 Å². The lowest BCUT2D eigenvalue weighted by Gasteiger charge is -1.92. The Morgan fingerprint density at radius 3 is 2.54 bits per heavy atom. The molecule has 13 heavy (non-hydrogen) atoms. The van der Waals surface area contributed by atoms with E-state index in [2.05, 4.69) is 54.6 Å². The second kappa shape index (κ2) is 3.90. The summed E-state index contributed by atoms with van der Waals surface area (Å²) in [5.41, 5.74) is 2.64. The van der Waals surface area contributed by atoms with Crippen molar-refractivity contribution in [1.82, 2.24) is 0 Å². The largest absolute Gasteiger partial charge is 0.0801 e. The van der Waals surface area contributed by atoms with Crippen LogP contribution in [0.4, 0.5) is 0 Å². The summed E-state index contributed by atoms with van der Waals surface area (Å²) in [5, 5.41) is 0. The molecule has 0 unspecified atom stereocenters. The molecule has 0 N–H and O–H groups in total. The number of hydrogen-bond acceptors (Lipinski definition) is 0. The normalized spacial score (nSPS) is 15.2. The molecule has 0 nitrogen and oxygen atoms in total. The summed E-state index contributed by atoms with van der Waals surface area (Å²) in [4.78, 5) is 0. The molecule has 0 saturated carbocycles. The quantitative estimate of drug-likeness (QED) is 0.633. The molecule has 64 valence electrons. The fourth-order valence-electron chi connectivity index (χ4n) is 1.35. The highest BCUT2D eigenvalue weighted by molar-refractivity contribution is 5.53. The van der Waals surface area contributed by atoms with Gasteiger partial charge in [0.15, 0.2) is 0 Å². The Morgan fingerprint density at radius 2 is 1.85 bits per heavy atom. The third kappa shape index (κ3) is 2.19. The number of rotatable bonds is 2. The van der Waals surface area contributed by atoms with E-state index in [1.807, 2.05) is 6.07 Å². The zero-order chi connectivity index (χ0) is 8.93. The van der Waals surface area contributed by atoms with E-state index in [9.17, 15) is 0 Å². The third-order valence-electron chi connectivity index (χ3n) is 2.09. The first kappa shape index (κ1) is 8.06. The minimum Gasteiger partial charge on any atom is -0.0801 e. The molecule has 1 aromatic carbocycles. The molecule has 0 spiro atoms. The first-order valence-corrected chi connectivity index (χ1v) is 4.54. The standard InChI is InChI=1S/C13H12/c1-2-6-12(7-3-1)10-11-13-8-4-5-9-13/h1-8,10-11H,9H2/b11-10-. The van der Waals surface area contributed by atoms with Crippen LogP contribution in [0, 0.1) is 0 Å². The van der Waals surface area contributed by atoms with Gasteiger partial charge in [-0.05, 0) is 17.6 Å². The van der Waals surface area contributed by atoms with E-state index in [-0.39, 0.29) is 0 Å². The van der Waals surface area contributed by atoms with Crippen molar-refractivity contribution < 1.29 is 0 Å². The van der Waals surface area contributed by atoms with Crippen LogP contribution in [0.25, 0.3) is 6.08 Å². The summed E-state index contributed by atoms with van der Waals surface area (Å²) < 4.78 is 0. The van der Waals surface area contributed by atoms with Gasteiger partial charge in [-0.1, -0.05) is 60.7 Å². The summed E-state index contributed by atoms with van der Waals surface area (Å²) in [6, 6.07) is 10.4. The Bertz CT molecular complexity index is 353. The first-order valence-electron chi connectivity index (χ1n) is 4.54. The van der Waals surface area contributed by atoms with Gasteiger partial charge < -0.3 is 0 Å². The second-order valence-corrected chi connectivity index (χ2v) is 3.12. The van der Waals surface area contributed by atoms with Crippen molar-refractivity contribution >= 4 is 6.08 Å². The van der Waals surface area contributed by atoms with Crippen molar-refractivity contribution in [2.24, 2.45) is 0 Å². The van der Waals surface area contributed by atoms with Gasteiger partial charge >= 0.3 is 0 Å². The summed E-state index contributed by atoms with van der Waals surface area (Å²) in [7, 11) is 0. The van der Waals surface area contributed by atoms with Crippen molar-refractivity contribution in [2.45, 2.75) is 6.42 Å². The van der Waals surface area contributed by atoms with Crippen LogP contribution in [0.5, 0.6) is 0 Å². The molecule has 0 radical (unpaired) electrons. The Labute approximate surface area is 78.9 Å². The molecule has 1 aliphatic carbocycles. The molecule has 0 aromatic heterocycles. The maximum atomic E-state index is 2.18. The maximum Gasteiger partial charge on any atom is -0.00943 e. The van der Waals surface area contributed by atoms with Gasteiger partial charge in [-0.3, -0.25) is 0 Å². The van der Waals surface area contributed by atoms with Crippen molar-refractivity contribution in [1.29, 1.82) is 0 Å². The summed E-state index contributed by atoms with van der Waals surface area (Å²) >= 11 is 0. The van der Waals surface area contributed by atoms with Gasteiger partial charge in [0.1, 0.15) is 0 Å². The average molecular weight is 168 g/mol. The zero-order valence-electron chi connectivity index (χ0n) is 7.48. The first-order chi connectivity index (χ1) is 6.45. The van der Waals surface area contributed by atoms with E-state index in [1.165, 1.54) is 11.1 Å². The summed E-state index contributed by atoms with van der Waals surface area (Å²) in [5.74, 6) is 0. The molecule has 0 saturated heterocycles. The molecule has 1 aromatic rings. The van der Waals surface area contributed by atoms with E-state index in [1.54, 1.807) is 0 Å². The molecule has 0 atom stereocenters. The van der Waals surface area contributed by atoms with Crippen molar-refractivity contribution in [3.05, 3.63) is 65.8 Å². The predicted octanol–water partition coefficient (Wildman–Crippen LogP) is 3.59. The van der Waals surface area contributed by atoms with Crippen LogP contribution in [0.15, 0.2) is 60.2 Å². The molecule has 0 amide bonds. The van der Waals surface area contributed by atoms with Crippen molar-refractivity contribution in [3.8, 4) is 0 Å². The lowest BCUT2D eigenvalue weighted by molar-refractivity contribution is 1.34. The Kier molecular flexibility index (Phi) is 2.42. The lowest BCUT2D eigenvalue weighted by Crippen LogP contribution is -1.71. The zero-order valence-corrected chi connectivity index (χ0v) is 7.48. The van der Waals surface area contributed by atoms with E-state index < -0.39 is 0 Å². The molecular weight excluding hydrogens is 156 g/mol. The van der Waals surface area contributed by atoms with Crippen LogP contribution in [0.1, 0.15) is 12.0 Å². The monoisotopic (exact) mass is 168 g/mol. The van der Waals surface area contributed by atoms with Gasteiger partial charge in [-0.2, -0.15) is 0 Å². The third-order valence-corrected chi connectivity index (χ3v) is 2.09. The topological polar surface area (TPSA) is 0 Å². The van der Waals surface area contributed by atoms with Crippen molar-refractivity contribution in [2.75, 3.05) is 0 Å². The molecular formula is C13H12. The molecule has 2 rings (SSSR count). The molecule has 0 bridgehead atoms. The van der Waals surface area contributed by atoms with Gasteiger partial charge in [-0.25, -0.2) is 0 Å². The van der Waals surface area contributed by atoms with Crippen LogP contribution in [-0.2, 0) is 0 Å². The average Bonchev–Trinajstić information content (AvgIpc) is 2.69. The van der Waals surface area contributed by atoms with E-state index in [4.69, 9.17) is 0 Å². The van der Waals surface area contributed by atoms with Crippen molar-refractivity contribution in [3.63, 3.8) is 0 Å². The Hall–Kier alpha value is -1.56. The molecule has 0 fully saturated rings. The Balaban J connectivity index is 2.06. The molecule has 1 aliphatic rings. The number of hydrogen-bond donors (Lipinski definition) is 0. The van der Waals surface area contributed by atoms with Gasteiger partial charge in [0.2, 0.25) is 0 Å². The van der Waals surface area contributed by atoms with E-state index in [0.717, 1.165) is 6.42 Å².